The van der Waals surface area contributed by atoms with Crippen molar-refractivity contribution < 1.29 is 105 Å². The lowest BCUT2D eigenvalue weighted by Crippen LogP contribution is -2.63. The molecule has 0 saturated carbocycles. The minimum absolute atomic E-state index is 0.0146. The summed E-state index contributed by atoms with van der Waals surface area (Å²) < 4.78 is 271. The first kappa shape index (κ1) is 60.9. The Bertz CT molecular complexity index is 2450. The first-order valence-electron chi connectivity index (χ1n) is 19.0. The summed E-state index contributed by atoms with van der Waals surface area (Å²) in [4.78, 5) is 8.17. The van der Waals surface area contributed by atoms with Crippen LogP contribution >= 0.6 is 0 Å². The van der Waals surface area contributed by atoms with Gasteiger partial charge in [0, 0.05) is 0 Å². The standard InChI is InChI=1S/2C18H15S.2C4HF9O3S/c2*1-4-10-16(11-5-1)19(17-12-6-2-7-13-17)18-14-8-3-9-15-18;2*5-1(6,3(9,10)11)2(7,8)4(12,13)17(14,15)16/h2*1-15H;2*(H,14,15,16)/q2*+1;;/p-2. The van der Waals surface area contributed by atoms with E-state index in [2.05, 4.69) is 182 Å². The lowest BCUT2D eigenvalue weighted by molar-refractivity contribution is -0.382. The van der Waals surface area contributed by atoms with Gasteiger partial charge < -0.3 is 9.11 Å². The zero-order valence-corrected chi connectivity index (χ0v) is 38.5. The van der Waals surface area contributed by atoms with Crippen molar-refractivity contribution in [1.82, 2.24) is 0 Å². The molecule has 0 spiro atoms. The van der Waals surface area contributed by atoms with Crippen LogP contribution in [0.3, 0.4) is 0 Å². The average molecular weight is 1120 g/mol. The first-order valence-corrected chi connectivity index (χ1v) is 24.3. The second-order valence-corrected chi connectivity index (χ2v) is 20.6. The Kier molecular flexibility index (Phi) is 19.6. The molecule has 0 fully saturated rings. The summed E-state index contributed by atoms with van der Waals surface area (Å²) in [6.45, 7) is 0. The molecular weight excluding hydrogens is 1090 g/mol. The van der Waals surface area contributed by atoms with Crippen molar-refractivity contribution in [3.05, 3.63) is 182 Å². The van der Waals surface area contributed by atoms with Crippen molar-refractivity contribution in [3.8, 4) is 0 Å². The lowest BCUT2D eigenvalue weighted by atomic mass is 10.1. The third-order valence-electron chi connectivity index (χ3n) is 8.73. The smallest absolute Gasteiger partial charge is 0.460 e. The molecule has 6 aromatic rings. The molecule has 0 unspecified atom stereocenters. The highest BCUT2D eigenvalue weighted by Crippen LogP contribution is 2.55. The van der Waals surface area contributed by atoms with E-state index in [9.17, 15) is 105 Å². The number of halogens is 18. The highest BCUT2D eigenvalue weighted by Gasteiger charge is 2.85. The van der Waals surface area contributed by atoms with E-state index in [1.54, 1.807) is 0 Å². The highest BCUT2D eigenvalue weighted by molar-refractivity contribution is 7.97. The molecule has 0 aromatic heterocycles. The fraction of sp³-hybridized carbons (Fsp3) is 0.182. The van der Waals surface area contributed by atoms with Crippen LogP contribution < -0.4 is 0 Å². The van der Waals surface area contributed by atoms with Gasteiger partial charge in [-0.25, -0.2) is 16.8 Å². The Labute approximate surface area is 403 Å². The Hall–Kier alpha value is -5.42. The van der Waals surface area contributed by atoms with Crippen molar-refractivity contribution in [2.75, 3.05) is 0 Å². The minimum atomic E-state index is -7.43. The Morgan fingerprint density at radius 3 is 0.514 bits per heavy atom. The zero-order chi connectivity index (χ0) is 54.8. The molecule has 6 nitrogen and oxygen atoms in total. The molecule has 0 atom stereocenters. The Morgan fingerprint density at radius 2 is 0.403 bits per heavy atom. The first-order chi connectivity index (χ1) is 32.9. The van der Waals surface area contributed by atoms with E-state index in [1.807, 2.05) is 0 Å². The molecule has 0 heterocycles. The van der Waals surface area contributed by atoms with E-state index in [0.29, 0.717) is 0 Å². The van der Waals surface area contributed by atoms with Crippen LogP contribution in [0.15, 0.2) is 211 Å². The molecule has 0 saturated heterocycles. The van der Waals surface area contributed by atoms with E-state index >= 15 is 0 Å². The summed E-state index contributed by atoms with van der Waals surface area (Å²) in [5.41, 5.74) is 0. The number of alkyl halides is 18. The van der Waals surface area contributed by atoms with Gasteiger partial charge >= 0.3 is 46.6 Å². The number of rotatable bonds is 12. The summed E-state index contributed by atoms with van der Waals surface area (Å²) in [6.07, 6.45) is -14.3. The molecule has 6 rings (SSSR count). The van der Waals surface area contributed by atoms with Crippen molar-refractivity contribution in [2.24, 2.45) is 0 Å². The van der Waals surface area contributed by atoms with Gasteiger partial charge in [-0.2, -0.15) is 79.0 Å². The predicted octanol–water partition coefficient (Wildman–Crippen LogP) is 13.5. The molecule has 0 aliphatic rings. The van der Waals surface area contributed by atoms with Crippen LogP contribution in [0.25, 0.3) is 0 Å². The second kappa shape index (κ2) is 23.2. The number of hydrogen-bond acceptors (Lipinski definition) is 6. The maximum absolute atomic E-state index is 12.2. The summed E-state index contributed by atoms with van der Waals surface area (Å²) >= 11 is 0. The van der Waals surface area contributed by atoms with Crippen molar-refractivity contribution in [1.29, 1.82) is 0 Å². The maximum Gasteiger partial charge on any atom is 0.460 e. The van der Waals surface area contributed by atoms with Crippen LogP contribution in [-0.2, 0) is 42.0 Å². The quantitative estimate of drug-likeness (QED) is 0.0685. The van der Waals surface area contributed by atoms with Crippen LogP contribution in [0, 0.1) is 0 Å². The molecule has 0 aliphatic heterocycles. The van der Waals surface area contributed by atoms with E-state index in [1.165, 1.54) is 29.4 Å². The second-order valence-electron chi connectivity index (χ2n) is 13.7. The molecule has 0 radical (unpaired) electrons. The lowest BCUT2D eigenvalue weighted by Gasteiger charge is -2.34. The normalized spacial score (nSPS) is 13.2. The van der Waals surface area contributed by atoms with E-state index in [0.717, 1.165) is 0 Å². The number of hydrogen-bond donors (Lipinski definition) is 0. The molecule has 0 N–H and O–H groups in total. The van der Waals surface area contributed by atoms with Gasteiger partial charge in [0.1, 0.15) is 0 Å². The summed E-state index contributed by atoms with van der Waals surface area (Å²) in [5.74, 6) is -29.6. The predicted molar refractivity (Wildman–Crippen MR) is 224 cm³/mol. The van der Waals surface area contributed by atoms with Crippen molar-refractivity contribution in [2.45, 2.75) is 75.9 Å². The van der Waals surface area contributed by atoms with E-state index < -0.39 is 66.8 Å². The zero-order valence-electron chi connectivity index (χ0n) is 35.2. The van der Waals surface area contributed by atoms with Crippen LogP contribution in [0.4, 0.5) is 79.0 Å². The van der Waals surface area contributed by atoms with Gasteiger partial charge in [0.25, 0.3) is 0 Å². The summed E-state index contributed by atoms with van der Waals surface area (Å²) in [7, 11) is -14.9. The molecule has 72 heavy (non-hydrogen) atoms. The van der Waals surface area contributed by atoms with Gasteiger partial charge in [-0.15, -0.1) is 0 Å². The van der Waals surface area contributed by atoms with Gasteiger partial charge in [-0.05, 0) is 72.8 Å². The molecule has 6 aromatic carbocycles. The van der Waals surface area contributed by atoms with E-state index in [4.69, 9.17) is 0 Å². The maximum atomic E-state index is 12.2. The van der Waals surface area contributed by atoms with Gasteiger partial charge in [-0.3, -0.25) is 0 Å². The summed E-state index contributed by atoms with van der Waals surface area (Å²) in [5, 5.41) is -14.2. The Morgan fingerprint density at radius 1 is 0.264 bits per heavy atom. The monoisotopic (exact) mass is 1120 g/mol. The largest absolute Gasteiger partial charge is 0.743 e. The summed E-state index contributed by atoms with van der Waals surface area (Å²) in [6, 6.07) is 64.3. The fourth-order valence-electron chi connectivity index (χ4n) is 5.19. The molecule has 0 aliphatic carbocycles. The Balaban J connectivity index is 0.000000254. The van der Waals surface area contributed by atoms with Gasteiger partial charge in [-0.1, -0.05) is 109 Å². The van der Waals surface area contributed by atoms with Crippen molar-refractivity contribution >= 4 is 42.0 Å². The molecule has 28 heteroatoms. The molecular formula is C44H30F18O6S4. The van der Waals surface area contributed by atoms with Crippen LogP contribution in [0.1, 0.15) is 0 Å². The highest BCUT2D eigenvalue weighted by atomic mass is 32.2. The van der Waals surface area contributed by atoms with Crippen LogP contribution in [-0.4, -0.2) is 72.5 Å². The third-order valence-corrected chi connectivity index (χ3v) is 15.0. The van der Waals surface area contributed by atoms with Gasteiger partial charge in [0.2, 0.25) is 0 Å². The third kappa shape index (κ3) is 13.6. The average Bonchev–Trinajstić information content (AvgIpc) is 3.30. The minimum Gasteiger partial charge on any atom is -0.743 e. The van der Waals surface area contributed by atoms with Crippen LogP contribution in [0.2, 0.25) is 0 Å². The van der Waals surface area contributed by atoms with Crippen LogP contribution in [0.5, 0.6) is 0 Å². The van der Waals surface area contributed by atoms with Gasteiger partial charge in [0.05, 0.1) is 21.8 Å². The SMILES string of the molecule is O=S(=O)([O-])C(F)(F)C(F)(F)C(F)(F)C(F)(F)F.O=S(=O)([O-])C(F)(F)C(F)(F)C(F)(F)C(F)(F)F.c1ccc([S+](c2ccccc2)c2ccccc2)cc1.c1ccc([S+](c2ccccc2)c2ccccc2)cc1. The fourth-order valence-corrected chi connectivity index (χ4v) is 10.3. The topological polar surface area (TPSA) is 114 Å². The molecule has 0 amide bonds. The number of benzene rings is 6. The van der Waals surface area contributed by atoms with Gasteiger partial charge in [0.15, 0.2) is 49.6 Å². The van der Waals surface area contributed by atoms with Crippen molar-refractivity contribution in [3.63, 3.8) is 0 Å². The molecule has 392 valence electrons. The van der Waals surface area contributed by atoms with E-state index in [-0.39, 0.29) is 21.8 Å². The molecule has 0 bridgehead atoms.